The summed E-state index contributed by atoms with van der Waals surface area (Å²) in [7, 11) is 0. The fourth-order valence-corrected chi connectivity index (χ4v) is 4.84. The number of carboxylic acid groups (broad SMARTS) is 1. The molecule has 39 heavy (non-hydrogen) atoms. The topological polar surface area (TPSA) is 62.2 Å². The first kappa shape index (κ1) is 26.0. The first-order chi connectivity index (χ1) is 18.7. The summed E-state index contributed by atoms with van der Waals surface area (Å²) in [5, 5.41) is 13.0. The lowest BCUT2D eigenvalue weighted by Crippen LogP contribution is -2.07. The standard InChI is InChI=1S/C32H25F3N2O2/c1-20-15-25(13-14-26(20)31(38)39)36-18-22-9-5-10-23(17-22)29-24(16-21-7-3-2-4-8-21)19-37-30-27(29)11-6-12-28(30)32(33,34)35/h2-15,17,19,36H,16,18H2,1H3,(H,38,39). The van der Waals surface area contributed by atoms with Crippen LogP contribution in [0.3, 0.4) is 0 Å². The van der Waals surface area contributed by atoms with Gasteiger partial charge in [-0.05, 0) is 77.1 Å². The summed E-state index contributed by atoms with van der Waals surface area (Å²) in [6.45, 7) is 2.19. The van der Waals surface area contributed by atoms with E-state index in [9.17, 15) is 23.1 Å². The number of aryl methyl sites for hydroxylation is 1. The second-order valence-corrected chi connectivity index (χ2v) is 9.41. The minimum Gasteiger partial charge on any atom is -0.478 e. The number of aromatic carboxylic acids is 1. The van der Waals surface area contributed by atoms with Crippen LogP contribution in [0.5, 0.6) is 0 Å². The van der Waals surface area contributed by atoms with Gasteiger partial charge in [0.1, 0.15) is 0 Å². The number of benzene rings is 4. The fourth-order valence-electron chi connectivity index (χ4n) is 4.84. The van der Waals surface area contributed by atoms with E-state index in [0.29, 0.717) is 23.9 Å². The zero-order valence-electron chi connectivity index (χ0n) is 21.1. The van der Waals surface area contributed by atoms with Gasteiger partial charge in [0, 0.05) is 23.8 Å². The van der Waals surface area contributed by atoms with Crippen LogP contribution in [0.2, 0.25) is 0 Å². The number of hydrogen-bond acceptors (Lipinski definition) is 3. The molecule has 1 heterocycles. The lowest BCUT2D eigenvalue weighted by Gasteiger charge is -2.17. The summed E-state index contributed by atoms with van der Waals surface area (Å²) in [5.41, 5.74) is 5.14. The van der Waals surface area contributed by atoms with Gasteiger partial charge in [-0.2, -0.15) is 13.2 Å². The lowest BCUT2D eigenvalue weighted by atomic mass is 9.91. The molecule has 0 atom stereocenters. The van der Waals surface area contributed by atoms with E-state index in [2.05, 4.69) is 10.3 Å². The highest BCUT2D eigenvalue weighted by Gasteiger charge is 2.33. The summed E-state index contributed by atoms with van der Waals surface area (Å²) in [6, 6.07) is 26.7. The molecule has 0 radical (unpaired) electrons. The van der Waals surface area contributed by atoms with Crippen LogP contribution in [0.4, 0.5) is 18.9 Å². The molecule has 0 amide bonds. The molecule has 2 N–H and O–H groups in total. The van der Waals surface area contributed by atoms with Crippen molar-refractivity contribution in [3.05, 3.63) is 131 Å². The van der Waals surface area contributed by atoms with Crippen LogP contribution < -0.4 is 5.32 Å². The zero-order chi connectivity index (χ0) is 27.6. The molecule has 0 fully saturated rings. The number of alkyl halides is 3. The maximum Gasteiger partial charge on any atom is 0.418 e. The van der Waals surface area contributed by atoms with Gasteiger partial charge in [-0.3, -0.25) is 4.98 Å². The number of aromatic nitrogens is 1. The molecular formula is C32H25F3N2O2. The van der Waals surface area contributed by atoms with Gasteiger partial charge in [-0.25, -0.2) is 4.79 Å². The van der Waals surface area contributed by atoms with Gasteiger partial charge in [0.05, 0.1) is 16.6 Å². The van der Waals surface area contributed by atoms with Crippen molar-refractivity contribution in [1.82, 2.24) is 4.98 Å². The Morgan fingerprint density at radius 3 is 2.36 bits per heavy atom. The maximum absolute atomic E-state index is 13.8. The van der Waals surface area contributed by atoms with Crippen molar-refractivity contribution in [2.24, 2.45) is 0 Å². The normalized spacial score (nSPS) is 11.5. The third kappa shape index (κ3) is 5.62. The van der Waals surface area contributed by atoms with Crippen LogP contribution in [0.15, 0.2) is 97.2 Å². The quantitative estimate of drug-likeness (QED) is 0.225. The molecule has 5 rings (SSSR count). The van der Waals surface area contributed by atoms with Crippen LogP contribution in [-0.4, -0.2) is 16.1 Å². The van der Waals surface area contributed by atoms with Gasteiger partial charge in [-0.15, -0.1) is 0 Å². The van der Waals surface area contributed by atoms with Crippen molar-refractivity contribution >= 4 is 22.6 Å². The first-order valence-electron chi connectivity index (χ1n) is 12.4. The van der Waals surface area contributed by atoms with Crippen molar-refractivity contribution in [3.63, 3.8) is 0 Å². The van der Waals surface area contributed by atoms with Crippen molar-refractivity contribution in [1.29, 1.82) is 0 Å². The van der Waals surface area contributed by atoms with Crippen molar-refractivity contribution in [2.45, 2.75) is 26.1 Å². The Labute approximate surface area is 223 Å². The summed E-state index contributed by atoms with van der Waals surface area (Å²) < 4.78 is 41.5. The minimum absolute atomic E-state index is 0.0747. The summed E-state index contributed by atoms with van der Waals surface area (Å²) in [6.07, 6.45) is -2.45. The SMILES string of the molecule is Cc1cc(NCc2cccc(-c3c(Cc4ccccc4)cnc4c(C(F)(F)F)cccc34)c2)ccc1C(=O)O. The third-order valence-electron chi connectivity index (χ3n) is 6.69. The van der Waals surface area contributed by atoms with Gasteiger partial charge in [0.15, 0.2) is 0 Å². The van der Waals surface area contributed by atoms with Gasteiger partial charge >= 0.3 is 12.1 Å². The molecule has 196 valence electrons. The van der Waals surface area contributed by atoms with Crippen molar-refractivity contribution < 1.29 is 23.1 Å². The van der Waals surface area contributed by atoms with Crippen LogP contribution in [-0.2, 0) is 19.1 Å². The van der Waals surface area contributed by atoms with Gasteiger partial charge < -0.3 is 10.4 Å². The number of nitrogens with one attached hydrogen (secondary N) is 1. The molecule has 0 bridgehead atoms. The molecular weight excluding hydrogens is 501 g/mol. The second-order valence-electron chi connectivity index (χ2n) is 9.41. The molecule has 4 nitrogen and oxygen atoms in total. The molecule has 0 aliphatic carbocycles. The number of halogens is 3. The number of para-hydroxylation sites is 1. The van der Waals surface area contributed by atoms with Crippen molar-refractivity contribution in [2.75, 3.05) is 5.32 Å². The Hall–Kier alpha value is -4.65. The van der Waals surface area contributed by atoms with Gasteiger partial charge in [-0.1, -0.05) is 60.7 Å². The minimum atomic E-state index is -4.52. The van der Waals surface area contributed by atoms with E-state index in [4.69, 9.17) is 0 Å². The number of fused-ring (bicyclic) bond motifs is 1. The molecule has 0 unspecified atom stereocenters. The fraction of sp³-hybridized carbons (Fsp3) is 0.125. The molecule has 0 saturated carbocycles. The number of nitrogens with zero attached hydrogens (tertiary/aromatic N) is 1. The van der Waals surface area contributed by atoms with E-state index in [0.717, 1.165) is 39.6 Å². The number of hydrogen-bond donors (Lipinski definition) is 2. The Kier molecular flexibility index (Phi) is 7.07. The maximum atomic E-state index is 13.8. The predicted octanol–water partition coefficient (Wildman–Crippen LogP) is 8.13. The highest BCUT2D eigenvalue weighted by molar-refractivity contribution is 5.98. The number of rotatable bonds is 7. The Balaban J connectivity index is 1.55. The van der Waals surface area contributed by atoms with Crippen LogP contribution in [0.25, 0.3) is 22.0 Å². The molecule has 0 saturated heterocycles. The van der Waals surface area contributed by atoms with E-state index in [1.807, 2.05) is 54.6 Å². The van der Waals surface area contributed by atoms with Crippen LogP contribution in [0, 0.1) is 6.92 Å². The average Bonchev–Trinajstić information content (AvgIpc) is 2.91. The van der Waals surface area contributed by atoms with Gasteiger partial charge in [0.25, 0.3) is 0 Å². The van der Waals surface area contributed by atoms with Crippen molar-refractivity contribution in [3.8, 4) is 11.1 Å². The van der Waals surface area contributed by atoms with E-state index in [1.54, 1.807) is 37.4 Å². The average molecular weight is 527 g/mol. The van der Waals surface area contributed by atoms with Crippen LogP contribution >= 0.6 is 0 Å². The summed E-state index contributed by atoms with van der Waals surface area (Å²) in [5.74, 6) is -0.976. The molecule has 4 aromatic carbocycles. The number of anilines is 1. The Bertz CT molecular complexity index is 1660. The smallest absolute Gasteiger partial charge is 0.418 e. The number of pyridine rings is 1. The summed E-state index contributed by atoms with van der Waals surface area (Å²) in [4.78, 5) is 15.6. The molecule has 5 aromatic rings. The Morgan fingerprint density at radius 2 is 1.64 bits per heavy atom. The lowest BCUT2D eigenvalue weighted by molar-refractivity contribution is -0.136. The van der Waals surface area contributed by atoms with E-state index in [-0.39, 0.29) is 11.1 Å². The summed E-state index contributed by atoms with van der Waals surface area (Å²) >= 11 is 0. The molecule has 0 spiro atoms. The highest BCUT2D eigenvalue weighted by atomic mass is 19.4. The number of carboxylic acids is 1. The zero-order valence-corrected chi connectivity index (χ0v) is 21.1. The van der Waals surface area contributed by atoms with Crippen LogP contribution in [0.1, 0.15) is 38.2 Å². The first-order valence-corrected chi connectivity index (χ1v) is 12.4. The monoisotopic (exact) mass is 526 g/mol. The Morgan fingerprint density at radius 1 is 0.897 bits per heavy atom. The number of carbonyl (C=O) groups is 1. The highest BCUT2D eigenvalue weighted by Crippen LogP contribution is 2.39. The predicted molar refractivity (Wildman–Crippen MR) is 147 cm³/mol. The largest absolute Gasteiger partial charge is 0.478 e. The molecule has 1 aromatic heterocycles. The van der Waals surface area contributed by atoms with E-state index < -0.39 is 17.7 Å². The second kappa shape index (κ2) is 10.6. The van der Waals surface area contributed by atoms with E-state index >= 15 is 0 Å². The molecule has 0 aliphatic heterocycles. The van der Waals surface area contributed by atoms with E-state index in [1.165, 1.54) is 6.07 Å². The molecule has 7 heteroatoms. The van der Waals surface area contributed by atoms with Gasteiger partial charge in [0.2, 0.25) is 0 Å². The molecule has 0 aliphatic rings. The third-order valence-corrected chi connectivity index (χ3v) is 6.69.